The van der Waals surface area contributed by atoms with E-state index in [1.807, 2.05) is 0 Å². The molecule has 6 heteroatoms. The molecule has 0 aromatic rings. The minimum absolute atomic E-state index is 0.0269. The molecule has 0 aromatic carbocycles. The minimum atomic E-state index is -0.567. The van der Waals surface area contributed by atoms with Crippen molar-refractivity contribution in [3.8, 4) is 0 Å². The zero-order chi connectivity index (χ0) is 19.9. The fourth-order valence-electron chi connectivity index (χ4n) is 4.42. The van der Waals surface area contributed by atoms with Gasteiger partial charge in [-0.2, -0.15) is 0 Å². The van der Waals surface area contributed by atoms with Gasteiger partial charge >= 0.3 is 11.9 Å². The van der Waals surface area contributed by atoms with Crippen molar-refractivity contribution in [2.24, 2.45) is 17.8 Å². The van der Waals surface area contributed by atoms with Crippen LogP contribution >= 0.6 is 0 Å². The molecular weight excluding hydrogens is 348 g/mol. The van der Waals surface area contributed by atoms with Gasteiger partial charge in [-0.1, -0.05) is 31.9 Å². The highest BCUT2D eigenvalue weighted by Gasteiger charge is 2.57. The third-order valence-electron chi connectivity index (χ3n) is 5.74. The molecule has 0 radical (unpaired) electrons. The van der Waals surface area contributed by atoms with Gasteiger partial charge in [0.2, 0.25) is 0 Å². The fourth-order valence-corrected chi connectivity index (χ4v) is 4.42. The Hall–Kier alpha value is -2.18. The molecule has 0 aromatic heterocycles. The van der Waals surface area contributed by atoms with E-state index in [1.54, 1.807) is 14.0 Å². The first-order valence-corrected chi connectivity index (χ1v) is 8.99. The Kier molecular flexibility index (Phi) is 5.40. The Morgan fingerprint density at radius 2 is 1.96 bits per heavy atom. The zero-order valence-electron chi connectivity index (χ0n) is 15.9. The number of carbonyl (C=O) groups is 2. The quantitative estimate of drug-likeness (QED) is 0.319. The first-order valence-electron chi connectivity index (χ1n) is 8.99. The summed E-state index contributed by atoms with van der Waals surface area (Å²) in [5.41, 5.74) is 2.40. The number of methoxy groups -OCH3 is 1. The number of fused-ring (bicyclic) bond motifs is 3. The van der Waals surface area contributed by atoms with Crippen LogP contribution in [0.15, 0.2) is 48.6 Å². The van der Waals surface area contributed by atoms with Crippen LogP contribution in [0.2, 0.25) is 0 Å². The predicted molar refractivity (Wildman–Crippen MR) is 98.4 cm³/mol. The smallest absolute Gasteiger partial charge is 0.334 e. The molecule has 6 atom stereocenters. The van der Waals surface area contributed by atoms with E-state index in [0.717, 1.165) is 11.1 Å². The van der Waals surface area contributed by atoms with E-state index in [9.17, 15) is 9.59 Å². The molecule has 3 rings (SSSR count). The minimum Gasteiger partial charge on any atom is -0.458 e. The van der Waals surface area contributed by atoms with Crippen LogP contribution in [0.1, 0.15) is 19.8 Å². The summed E-state index contributed by atoms with van der Waals surface area (Å²) >= 11 is 0. The SMILES string of the molecule is C=C(C)C(=O)O[C@H]1CC(=C)[C@@H]2C[C@H](OCOC)C(=C)[C@@H]2[C@H]2OC(=O)C(=C)[C@@H]21. The third kappa shape index (κ3) is 3.39. The molecule has 0 spiro atoms. The van der Waals surface area contributed by atoms with E-state index in [4.69, 9.17) is 18.9 Å². The van der Waals surface area contributed by atoms with Crippen LogP contribution in [-0.2, 0) is 28.5 Å². The van der Waals surface area contributed by atoms with Gasteiger partial charge in [-0.15, -0.1) is 0 Å². The van der Waals surface area contributed by atoms with Crippen molar-refractivity contribution < 1.29 is 28.5 Å². The fraction of sp³-hybridized carbons (Fsp3) is 0.524. The van der Waals surface area contributed by atoms with E-state index in [1.165, 1.54) is 0 Å². The molecule has 1 aliphatic heterocycles. The number of ether oxygens (including phenoxy) is 4. The van der Waals surface area contributed by atoms with E-state index < -0.39 is 30.1 Å². The number of carbonyl (C=O) groups excluding carboxylic acids is 2. The van der Waals surface area contributed by atoms with Crippen LogP contribution < -0.4 is 0 Å². The average molecular weight is 374 g/mol. The summed E-state index contributed by atoms with van der Waals surface area (Å²) in [6.45, 7) is 17.7. The maximum atomic E-state index is 12.3. The van der Waals surface area contributed by atoms with Crippen molar-refractivity contribution in [3.63, 3.8) is 0 Å². The lowest BCUT2D eigenvalue weighted by molar-refractivity contribution is -0.148. The molecule has 1 heterocycles. The summed E-state index contributed by atoms with van der Waals surface area (Å²) in [5.74, 6) is -1.52. The van der Waals surface area contributed by atoms with Crippen molar-refractivity contribution in [1.82, 2.24) is 0 Å². The molecular formula is C21H26O6. The highest BCUT2D eigenvalue weighted by Crippen LogP contribution is 2.53. The highest BCUT2D eigenvalue weighted by atomic mass is 16.7. The lowest BCUT2D eigenvalue weighted by Gasteiger charge is -2.28. The normalized spacial score (nSPS) is 35.3. The number of rotatable bonds is 5. The summed E-state index contributed by atoms with van der Waals surface area (Å²) in [6, 6.07) is 0. The van der Waals surface area contributed by atoms with Crippen LogP contribution in [0.25, 0.3) is 0 Å². The molecule has 1 saturated heterocycles. The molecule has 2 saturated carbocycles. The summed E-state index contributed by atoms with van der Waals surface area (Å²) in [4.78, 5) is 24.4. The molecule has 3 fully saturated rings. The van der Waals surface area contributed by atoms with Gasteiger partial charge in [0.05, 0.1) is 12.0 Å². The summed E-state index contributed by atoms with van der Waals surface area (Å²) < 4.78 is 22.1. The Morgan fingerprint density at radius 3 is 2.59 bits per heavy atom. The molecule has 3 aliphatic rings. The third-order valence-corrected chi connectivity index (χ3v) is 5.74. The standard InChI is InChI=1S/C21H26O6/c1-10(2)20(22)26-16-7-11(3)14-8-15(25-9-24-6)12(4)17(14)19-18(16)13(5)21(23)27-19/h14-19H,1,3-5,7-9H2,2,6H3/t14-,15-,16-,17-,18+,19+/m0/s1. The molecule has 146 valence electrons. The van der Waals surface area contributed by atoms with E-state index in [2.05, 4.69) is 26.3 Å². The monoisotopic (exact) mass is 374 g/mol. The molecule has 6 nitrogen and oxygen atoms in total. The molecule has 0 amide bonds. The predicted octanol–water partition coefficient (Wildman–Crippen LogP) is 2.71. The lowest BCUT2D eigenvalue weighted by Crippen LogP contribution is -2.36. The van der Waals surface area contributed by atoms with E-state index >= 15 is 0 Å². The van der Waals surface area contributed by atoms with Crippen LogP contribution in [0.5, 0.6) is 0 Å². The second-order valence-corrected chi connectivity index (χ2v) is 7.51. The topological polar surface area (TPSA) is 71.1 Å². The van der Waals surface area contributed by atoms with Crippen molar-refractivity contribution >= 4 is 11.9 Å². The van der Waals surface area contributed by atoms with Gasteiger partial charge in [0.25, 0.3) is 0 Å². The Labute approximate surface area is 159 Å². The first kappa shape index (κ1) is 19.6. The summed E-state index contributed by atoms with van der Waals surface area (Å²) in [5, 5.41) is 0. The van der Waals surface area contributed by atoms with E-state index in [0.29, 0.717) is 24.0 Å². The first-order chi connectivity index (χ1) is 12.8. The lowest BCUT2D eigenvalue weighted by atomic mass is 9.81. The van der Waals surface area contributed by atoms with Gasteiger partial charge in [-0.25, -0.2) is 9.59 Å². The Bertz CT molecular complexity index is 720. The second-order valence-electron chi connectivity index (χ2n) is 7.51. The average Bonchev–Trinajstić information content (AvgIpc) is 3.05. The van der Waals surface area contributed by atoms with Gasteiger partial charge in [-0.05, 0) is 24.8 Å². The molecule has 27 heavy (non-hydrogen) atoms. The maximum Gasteiger partial charge on any atom is 0.334 e. The molecule has 0 N–H and O–H groups in total. The zero-order valence-corrected chi connectivity index (χ0v) is 15.9. The van der Waals surface area contributed by atoms with Crippen LogP contribution in [0.4, 0.5) is 0 Å². The Morgan fingerprint density at radius 1 is 1.26 bits per heavy atom. The highest BCUT2D eigenvalue weighted by molar-refractivity contribution is 5.91. The number of hydrogen-bond donors (Lipinski definition) is 0. The van der Waals surface area contributed by atoms with Gasteiger partial charge in [0.15, 0.2) is 0 Å². The number of esters is 2. The molecule has 0 unspecified atom stereocenters. The second kappa shape index (κ2) is 7.44. The summed E-state index contributed by atoms with van der Waals surface area (Å²) in [7, 11) is 1.56. The maximum absolute atomic E-state index is 12.3. The van der Waals surface area contributed by atoms with Crippen LogP contribution in [-0.4, -0.2) is 44.2 Å². The van der Waals surface area contributed by atoms with Crippen molar-refractivity contribution in [2.45, 2.75) is 38.1 Å². The van der Waals surface area contributed by atoms with E-state index in [-0.39, 0.29) is 24.7 Å². The van der Waals surface area contributed by atoms with Crippen LogP contribution in [0, 0.1) is 17.8 Å². The van der Waals surface area contributed by atoms with Crippen molar-refractivity contribution in [2.75, 3.05) is 13.9 Å². The van der Waals surface area contributed by atoms with Gasteiger partial charge in [0.1, 0.15) is 19.0 Å². The largest absolute Gasteiger partial charge is 0.458 e. The number of hydrogen-bond acceptors (Lipinski definition) is 6. The molecule has 0 bridgehead atoms. The Balaban J connectivity index is 1.93. The van der Waals surface area contributed by atoms with Crippen LogP contribution in [0.3, 0.4) is 0 Å². The summed E-state index contributed by atoms with van der Waals surface area (Å²) in [6.07, 6.45) is -0.149. The van der Waals surface area contributed by atoms with Crippen molar-refractivity contribution in [1.29, 1.82) is 0 Å². The van der Waals surface area contributed by atoms with Gasteiger partial charge in [0, 0.05) is 30.6 Å². The van der Waals surface area contributed by atoms with Crippen molar-refractivity contribution in [3.05, 3.63) is 48.6 Å². The molecule has 2 aliphatic carbocycles. The van der Waals surface area contributed by atoms with Gasteiger partial charge in [-0.3, -0.25) is 0 Å². The van der Waals surface area contributed by atoms with Gasteiger partial charge < -0.3 is 18.9 Å².